The fraction of sp³-hybridized carbons (Fsp3) is 0.514. The van der Waals surface area contributed by atoms with E-state index in [4.69, 9.17) is 4.74 Å². The van der Waals surface area contributed by atoms with E-state index in [0.29, 0.717) is 30.4 Å². The summed E-state index contributed by atoms with van der Waals surface area (Å²) in [6, 6.07) is 12.2. The SMILES string of the molecule is CC1(S(=O)(=O)NC(=O)[C@@]23C[C@H]2C=CCCCCC[C@H](Nc2ccccc2)C(=O)N2C[C@H](OC(=O)N4Cc5cccc(F)c5C4)C[C@H]2C(=O)N3)CC1. The van der Waals surface area contributed by atoms with Gasteiger partial charge in [0.05, 0.1) is 17.8 Å². The van der Waals surface area contributed by atoms with Gasteiger partial charge in [0.1, 0.15) is 29.5 Å². The predicted octanol–water partition coefficient (Wildman–Crippen LogP) is 4.12. The Balaban J connectivity index is 1.15. The summed E-state index contributed by atoms with van der Waals surface area (Å²) < 4.78 is 47.7. The lowest BCUT2D eigenvalue weighted by Crippen LogP contribution is -2.58. The average molecular weight is 722 g/mol. The standard InChI is InChI=1S/C37H44FN5O7S/c1-36(17-18-36)51(48,49)41-34(46)37-20-25(37)12-6-3-2-4-9-16-30(39-26-13-7-5-8-14-26)33(45)43-22-27(19-31(43)32(44)40-37)50-35(47)42-21-24-11-10-15-29(38)28(24)23-42/h5-8,10-15,25,27,30-31,39H,2-4,9,16-23H2,1H3,(H,40,44)(H,41,46)/t25-,27-,30+,31+,37-/m1/s1. The fourth-order valence-electron chi connectivity index (χ4n) is 7.41. The fourth-order valence-corrected chi connectivity index (χ4v) is 8.72. The molecule has 0 spiro atoms. The van der Waals surface area contributed by atoms with Crippen molar-refractivity contribution in [2.24, 2.45) is 5.92 Å². The molecule has 14 heteroatoms. The number of rotatable bonds is 6. The number of carbonyl (C=O) groups is 4. The van der Waals surface area contributed by atoms with Crippen LogP contribution in [-0.2, 0) is 42.2 Å². The first-order valence-corrected chi connectivity index (χ1v) is 19.3. The van der Waals surface area contributed by atoms with E-state index in [1.165, 1.54) is 15.9 Å². The summed E-state index contributed by atoms with van der Waals surface area (Å²) in [5.74, 6) is -2.62. The zero-order valence-electron chi connectivity index (χ0n) is 28.6. The number of carbonyl (C=O) groups excluding carboxylic acids is 4. The number of hydrogen-bond donors (Lipinski definition) is 3. The molecule has 3 aliphatic heterocycles. The molecular weight excluding hydrogens is 678 g/mol. The molecule has 2 aromatic carbocycles. The largest absolute Gasteiger partial charge is 0.444 e. The van der Waals surface area contributed by atoms with Crippen molar-refractivity contribution in [1.29, 1.82) is 0 Å². The molecule has 0 radical (unpaired) electrons. The van der Waals surface area contributed by atoms with Gasteiger partial charge in [0.15, 0.2) is 0 Å². The van der Waals surface area contributed by atoms with Crippen molar-refractivity contribution in [3.63, 3.8) is 0 Å². The summed E-state index contributed by atoms with van der Waals surface area (Å²) >= 11 is 0. The van der Waals surface area contributed by atoms with Crippen LogP contribution in [-0.4, -0.2) is 77.1 Å². The monoisotopic (exact) mass is 721 g/mol. The average Bonchev–Trinajstić information content (AvgIpc) is 3.89. The first-order chi connectivity index (χ1) is 24.4. The number of amides is 4. The van der Waals surface area contributed by atoms with Gasteiger partial charge in [-0.2, -0.15) is 0 Å². The third kappa shape index (κ3) is 7.07. The van der Waals surface area contributed by atoms with Crippen molar-refractivity contribution in [3.8, 4) is 0 Å². The van der Waals surface area contributed by atoms with E-state index in [1.807, 2.05) is 42.5 Å². The van der Waals surface area contributed by atoms with Gasteiger partial charge in [-0.25, -0.2) is 17.6 Å². The maximum atomic E-state index is 14.4. The summed E-state index contributed by atoms with van der Waals surface area (Å²) in [6.45, 7) is 1.72. The van der Waals surface area contributed by atoms with Gasteiger partial charge in [-0.1, -0.05) is 55.3 Å². The van der Waals surface area contributed by atoms with Crippen LogP contribution in [0.5, 0.6) is 0 Å². The molecular formula is C37H44FN5O7S. The third-order valence-electron chi connectivity index (χ3n) is 11.0. The number of sulfonamides is 1. The highest BCUT2D eigenvalue weighted by molar-refractivity contribution is 7.91. The van der Waals surface area contributed by atoms with E-state index in [9.17, 15) is 32.0 Å². The zero-order chi connectivity index (χ0) is 36.0. The molecule has 2 aliphatic carbocycles. The van der Waals surface area contributed by atoms with Crippen LogP contribution in [0.3, 0.4) is 0 Å². The third-order valence-corrected chi connectivity index (χ3v) is 13.2. The predicted molar refractivity (Wildman–Crippen MR) is 186 cm³/mol. The second kappa shape index (κ2) is 13.6. The smallest absolute Gasteiger partial charge is 0.410 e. The molecule has 3 heterocycles. The molecule has 3 fully saturated rings. The molecule has 51 heavy (non-hydrogen) atoms. The molecule has 2 aromatic rings. The van der Waals surface area contributed by atoms with Crippen molar-refractivity contribution in [2.45, 2.75) is 106 Å². The number of anilines is 1. The molecule has 2 saturated carbocycles. The van der Waals surface area contributed by atoms with Crippen LogP contribution in [0.15, 0.2) is 60.7 Å². The van der Waals surface area contributed by atoms with E-state index in [0.717, 1.165) is 31.4 Å². The second-order valence-electron chi connectivity index (χ2n) is 14.8. The number of fused-ring (bicyclic) bond motifs is 3. The van der Waals surface area contributed by atoms with E-state index < -0.39 is 68.1 Å². The summed E-state index contributed by atoms with van der Waals surface area (Å²) in [5, 5.41) is 6.20. The van der Waals surface area contributed by atoms with E-state index in [2.05, 4.69) is 15.4 Å². The Labute approximate surface area is 297 Å². The molecule has 0 aromatic heterocycles. The Morgan fingerprint density at radius 1 is 1.02 bits per heavy atom. The summed E-state index contributed by atoms with van der Waals surface area (Å²) in [5.41, 5.74) is 0.336. The molecule has 5 aliphatic rings. The number of hydrogen-bond acceptors (Lipinski definition) is 8. The summed E-state index contributed by atoms with van der Waals surface area (Å²) in [4.78, 5) is 58.6. The summed E-state index contributed by atoms with van der Waals surface area (Å²) in [6.07, 6.45) is 6.99. The molecule has 272 valence electrons. The van der Waals surface area contributed by atoms with Gasteiger partial charge in [-0.3, -0.25) is 24.0 Å². The van der Waals surface area contributed by atoms with Crippen molar-refractivity contribution >= 4 is 39.5 Å². The van der Waals surface area contributed by atoms with Gasteiger partial charge in [0.25, 0.3) is 5.91 Å². The van der Waals surface area contributed by atoms with Gasteiger partial charge in [0.2, 0.25) is 21.8 Å². The molecule has 4 amide bonds. The molecule has 7 rings (SSSR count). The molecule has 0 bridgehead atoms. The Kier molecular flexibility index (Phi) is 9.32. The lowest BCUT2D eigenvalue weighted by Gasteiger charge is -2.30. The number of benzene rings is 2. The minimum atomic E-state index is -3.98. The van der Waals surface area contributed by atoms with Crippen molar-refractivity contribution in [3.05, 3.63) is 77.6 Å². The van der Waals surface area contributed by atoms with Gasteiger partial charge in [-0.15, -0.1) is 0 Å². The van der Waals surface area contributed by atoms with Gasteiger partial charge in [0, 0.05) is 30.1 Å². The maximum absolute atomic E-state index is 14.4. The highest BCUT2D eigenvalue weighted by Crippen LogP contribution is 2.47. The lowest BCUT2D eigenvalue weighted by molar-refractivity contribution is -0.140. The summed E-state index contributed by atoms with van der Waals surface area (Å²) in [7, 11) is -3.98. The van der Waals surface area contributed by atoms with E-state index in [-0.39, 0.29) is 38.4 Å². The number of ether oxygens (including phenoxy) is 1. The van der Waals surface area contributed by atoms with Crippen LogP contribution in [0.2, 0.25) is 0 Å². The minimum absolute atomic E-state index is 0.0366. The number of allylic oxidation sites excluding steroid dienone is 1. The van der Waals surface area contributed by atoms with Crippen molar-refractivity contribution in [2.75, 3.05) is 11.9 Å². The molecule has 3 N–H and O–H groups in total. The minimum Gasteiger partial charge on any atom is -0.444 e. The Morgan fingerprint density at radius 2 is 1.80 bits per heavy atom. The van der Waals surface area contributed by atoms with Crippen molar-refractivity contribution in [1.82, 2.24) is 19.8 Å². The molecule has 0 unspecified atom stereocenters. The van der Waals surface area contributed by atoms with E-state index in [1.54, 1.807) is 19.1 Å². The van der Waals surface area contributed by atoms with Crippen LogP contribution in [0.25, 0.3) is 0 Å². The van der Waals surface area contributed by atoms with Crippen LogP contribution < -0.4 is 15.4 Å². The Morgan fingerprint density at radius 3 is 2.55 bits per heavy atom. The molecule has 5 atom stereocenters. The number of halogens is 1. The topological polar surface area (TPSA) is 154 Å². The van der Waals surface area contributed by atoms with Crippen LogP contribution in [0, 0.1) is 11.7 Å². The highest BCUT2D eigenvalue weighted by atomic mass is 32.2. The Bertz CT molecular complexity index is 1850. The van der Waals surface area contributed by atoms with Crippen LogP contribution in [0.1, 0.15) is 75.8 Å². The normalized spacial score (nSPS) is 28.7. The lowest BCUT2D eigenvalue weighted by atomic mass is 10.0. The molecule has 12 nitrogen and oxygen atoms in total. The van der Waals surface area contributed by atoms with Crippen LogP contribution >= 0.6 is 0 Å². The number of para-hydroxylation sites is 1. The number of nitrogens with one attached hydrogen (secondary N) is 3. The zero-order valence-corrected chi connectivity index (χ0v) is 29.4. The maximum Gasteiger partial charge on any atom is 0.410 e. The second-order valence-corrected chi connectivity index (χ2v) is 17.0. The van der Waals surface area contributed by atoms with Crippen LogP contribution in [0.4, 0.5) is 14.9 Å². The first-order valence-electron chi connectivity index (χ1n) is 17.8. The number of nitrogens with zero attached hydrogens (tertiary/aromatic N) is 2. The van der Waals surface area contributed by atoms with Gasteiger partial charge in [-0.05, 0) is 69.2 Å². The Hall–Kier alpha value is -4.46. The van der Waals surface area contributed by atoms with Crippen molar-refractivity contribution < 1.29 is 36.7 Å². The highest BCUT2D eigenvalue weighted by Gasteiger charge is 2.63. The quantitative estimate of drug-likeness (QED) is 0.377. The van der Waals surface area contributed by atoms with E-state index >= 15 is 0 Å². The van der Waals surface area contributed by atoms with Gasteiger partial charge >= 0.3 is 6.09 Å². The molecule has 1 saturated heterocycles. The van der Waals surface area contributed by atoms with Gasteiger partial charge < -0.3 is 20.3 Å². The first kappa shape index (κ1) is 35.0.